The Morgan fingerprint density at radius 3 is 1.30 bits per heavy atom. The van der Waals surface area contributed by atoms with Gasteiger partial charge in [-0.25, -0.2) is 0 Å². The SMILES string of the molecule is CCCCCCCCCCCCCCCC=CCCCC(O)C(O)C(CO)NC(=O)C(O)CCCCCCCCCCCCCC. The monoisotopic (exact) mass is 654 g/mol. The third-order valence-corrected chi connectivity index (χ3v) is 9.48. The summed E-state index contributed by atoms with van der Waals surface area (Å²) in [5.74, 6) is -0.593. The van der Waals surface area contributed by atoms with E-state index in [1.807, 2.05) is 0 Å². The summed E-state index contributed by atoms with van der Waals surface area (Å²) < 4.78 is 0. The number of nitrogens with one attached hydrogen (secondary N) is 1. The fourth-order valence-corrected chi connectivity index (χ4v) is 6.23. The molecule has 4 unspecified atom stereocenters. The van der Waals surface area contributed by atoms with Crippen molar-refractivity contribution < 1.29 is 25.2 Å². The molecule has 0 aliphatic carbocycles. The summed E-state index contributed by atoms with van der Waals surface area (Å²) in [5.41, 5.74) is 0. The van der Waals surface area contributed by atoms with Crippen molar-refractivity contribution in [2.75, 3.05) is 6.61 Å². The molecule has 0 fully saturated rings. The van der Waals surface area contributed by atoms with E-state index >= 15 is 0 Å². The molecule has 0 bridgehead atoms. The van der Waals surface area contributed by atoms with Crippen molar-refractivity contribution in [3.05, 3.63) is 12.2 Å². The van der Waals surface area contributed by atoms with Crippen LogP contribution >= 0.6 is 0 Å². The fraction of sp³-hybridized carbons (Fsp3) is 0.925. The molecule has 46 heavy (non-hydrogen) atoms. The van der Waals surface area contributed by atoms with Gasteiger partial charge < -0.3 is 25.7 Å². The van der Waals surface area contributed by atoms with Gasteiger partial charge in [0.2, 0.25) is 5.91 Å². The van der Waals surface area contributed by atoms with Gasteiger partial charge in [-0.1, -0.05) is 180 Å². The molecule has 5 N–H and O–H groups in total. The number of aliphatic hydroxyl groups excluding tert-OH is 4. The number of hydrogen-bond acceptors (Lipinski definition) is 5. The first-order valence-electron chi connectivity index (χ1n) is 20.1. The molecule has 0 rings (SSSR count). The highest BCUT2D eigenvalue weighted by Gasteiger charge is 2.28. The summed E-state index contributed by atoms with van der Waals surface area (Å²) in [6, 6.07) is -0.995. The minimum absolute atomic E-state index is 0.367. The van der Waals surface area contributed by atoms with Crippen molar-refractivity contribution >= 4 is 5.91 Å². The molecule has 0 saturated heterocycles. The molecule has 4 atom stereocenters. The van der Waals surface area contributed by atoms with Crippen LogP contribution in [0.5, 0.6) is 0 Å². The molecule has 0 aliphatic heterocycles. The highest BCUT2D eigenvalue weighted by molar-refractivity contribution is 5.80. The lowest BCUT2D eigenvalue weighted by molar-refractivity contribution is -0.132. The Morgan fingerprint density at radius 2 is 0.891 bits per heavy atom. The Balaban J connectivity index is 3.80. The van der Waals surface area contributed by atoms with Gasteiger partial charge in [0, 0.05) is 0 Å². The molecule has 6 heteroatoms. The van der Waals surface area contributed by atoms with Gasteiger partial charge in [0.1, 0.15) is 12.2 Å². The molecule has 0 spiro atoms. The van der Waals surface area contributed by atoms with Crippen molar-refractivity contribution in [2.24, 2.45) is 0 Å². The number of rotatable bonds is 36. The van der Waals surface area contributed by atoms with Crippen molar-refractivity contribution in [1.29, 1.82) is 0 Å². The van der Waals surface area contributed by atoms with Crippen LogP contribution in [-0.4, -0.2) is 57.3 Å². The highest BCUT2D eigenvalue weighted by Crippen LogP contribution is 2.15. The van der Waals surface area contributed by atoms with Crippen LogP contribution in [0.2, 0.25) is 0 Å². The van der Waals surface area contributed by atoms with E-state index in [2.05, 4.69) is 31.3 Å². The Morgan fingerprint density at radius 1 is 0.522 bits per heavy atom. The Hall–Kier alpha value is -0.950. The van der Waals surface area contributed by atoms with E-state index in [0.29, 0.717) is 12.8 Å². The second kappa shape index (κ2) is 35.4. The average molecular weight is 654 g/mol. The van der Waals surface area contributed by atoms with Gasteiger partial charge >= 0.3 is 0 Å². The largest absolute Gasteiger partial charge is 0.394 e. The van der Waals surface area contributed by atoms with Crippen LogP contribution in [0.1, 0.15) is 206 Å². The molecule has 0 aromatic carbocycles. The first-order valence-corrected chi connectivity index (χ1v) is 20.1. The maximum atomic E-state index is 12.4. The van der Waals surface area contributed by atoms with Crippen molar-refractivity contribution in [3.8, 4) is 0 Å². The predicted octanol–water partition coefficient (Wildman–Crippen LogP) is 9.85. The van der Waals surface area contributed by atoms with Crippen LogP contribution in [0.4, 0.5) is 0 Å². The molecular weight excluding hydrogens is 574 g/mol. The van der Waals surface area contributed by atoms with Crippen LogP contribution in [0.25, 0.3) is 0 Å². The Labute approximate surface area is 285 Å². The lowest BCUT2D eigenvalue weighted by atomic mass is 10.00. The standard InChI is InChI=1S/C40H79NO5/c1-3-5-7-9-11-13-15-17-18-19-20-21-22-24-25-27-29-31-33-37(43)39(45)36(35-42)41-40(46)38(44)34-32-30-28-26-23-16-14-12-10-8-6-4-2/h25,27,36-39,42-45H,3-24,26,28-35H2,1-2H3,(H,41,46). The molecule has 0 radical (unpaired) electrons. The minimum atomic E-state index is -1.28. The van der Waals surface area contributed by atoms with Crippen LogP contribution in [0, 0.1) is 0 Å². The van der Waals surface area contributed by atoms with Crippen molar-refractivity contribution in [3.63, 3.8) is 0 Å². The molecule has 0 saturated carbocycles. The lowest BCUT2D eigenvalue weighted by Gasteiger charge is -2.27. The van der Waals surface area contributed by atoms with E-state index in [1.54, 1.807) is 0 Å². The molecular formula is C40H79NO5. The third kappa shape index (κ3) is 29.2. The lowest BCUT2D eigenvalue weighted by Crippen LogP contribution is -2.53. The summed E-state index contributed by atoms with van der Waals surface area (Å²) >= 11 is 0. The number of unbranched alkanes of at least 4 members (excludes halogenated alkanes) is 25. The Bertz CT molecular complexity index is 658. The topological polar surface area (TPSA) is 110 Å². The first-order chi connectivity index (χ1) is 22.5. The molecule has 0 aromatic rings. The van der Waals surface area contributed by atoms with E-state index in [0.717, 1.165) is 38.5 Å². The van der Waals surface area contributed by atoms with Crippen molar-refractivity contribution in [1.82, 2.24) is 5.32 Å². The maximum absolute atomic E-state index is 12.4. The zero-order chi connectivity index (χ0) is 33.9. The van der Waals surface area contributed by atoms with E-state index in [-0.39, 0.29) is 0 Å². The number of carbonyl (C=O) groups excluding carboxylic acids is 1. The number of allylic oxidation sites excluding steroid dienone is 2. The van der Waals surface area contributed by atoms with Crippen LogP contribution in [0.15, 0.2) is 12.2 Å². The van der Waals surface area contributed by atoms with Gasteiger partial charge in [0.15, 0.2) is 0 Å². The zero-order valence-electron chi connectivity index (χ0n) is 30.6. The summed E-state index contributed by atoms with van der Waals surface area (Å²) in [4.78, 5) is 12.4. The third-order valence-electron chi connectivity index (χ3n) is 9.48. The fourth-order valence-electron chi connectivity index (χ4n) is 6.23. The van der Waals surface area contributed by atoms with Crippen LogP contribution in [0.3, 0.4) is 0 Å². The number of aliphatic hydroxyl groups is 4. The van der Waals surface area contributed by atoms with Gasteiger partial charge in [-0.15, -0.1) is 0 Å². The van der Waals surface area contributed by atoms with Gasteiger partial charge in [0.25, 0.3) is 0 Å². The molecule has 1 amide bonds. The average Bonchev–Trinajstić information content (AvgIpc) is 3.06. The maximum Gasteiger partial charge on any atom is 0.249 e. The second-order valence-corrected chi connectivity index (χ2v) is 14.0. The van der Waals surface area contributed by atoms with Gasteiger partial charge in [-0.3, -0.25) is 4.79 Å². The van der Waals surface area contributed by atoms with E-state index in [1.165, 1.54) is 141 Å². The highest BCUT2D eigenvalue weighted by atomic mass is 16.3. The normalized spacial score (nSPS) is 14.5. The van der Waals surface area contributed by atoms with Crippen LogP contribution < -0.4 is 5.32 Å². The van der Waals surface area contributed by atoms with Crippen molar-refractivity contribution in [2.45, 2.75) is 231 Å². The van der Waals surface area contributed by atoms with E-state index in [4.69, 9.17) is 0 Å². The first kappa shape index (κ1) is 45.0. The van der Waals surface area contributed by atoms with Gasteiger partial charge in [-0.05, 0) is 38.5 Å². The zero-order valence-corrected chi connectivity index (χ0v) is 30.6. The molecule has 274 valence electrons. The quantitative estimate of drug-likeness (QED) is 0.0342. The Kier molecular flexibility index (Phi) is 34.6. The second-order valence-electron chi connectivity index (χ2n) is 14.0. The summed E-state index contributed by atoms with van der Waals surface area (Å²) in [6.07, 6.45) is 36.7. The molecule has 6 nitrogen and oxygen atoms in total. The van der Waals surface area contributed by atoms with E-state index in [9.17, 15) is 25.2 Å². The smallest absolute Gasteiger partial charge is 0.249 e. The minimum Gasteiger partial charge on any atom is -0.394 e. The van der Waals surface area contributed by atoms with E-state index < -0.39 is 36.9 Å². The molecule has 0 aliphatic rings. The van der Waals surface area contributed by atoms with Gasteiger partial charge in [-0.2, -0.15) is 0 Å². The number of amides is 1. The molecule has 0 heterocycles. The summed E-state index contributed by atoms with van der Waals surface area (Å²) in [5, 5.41) is 43.5. The summed E-state index contributed by atoms with van der Waals surface area (Å²) in [7, 11) is 0. The van der Waals surface area contributed by atoms with Gasteiger partial charge in [0.05, 0.1) is 18.8 Å². The summed E-state index contributed by atoms with van der Waals surface area (Å²) in [6.45, 7) is 4.02. The predicted molar refractivity (Wildman–Crippen MR) is 196 cm³/mol. The van der Waals surface area contributed by atoms with Crippen LogP contribution in [-0.2, 0) is 4.79 Å². The number of carbonyl (C=O) groups is 1. The number of hydrogen-bond donors (Lipinski definition) is 5. The molecule has 0 aromatic heterocycles.